The van der Waals surface area contributed by atoms with Crippen molar-refractivity contribution in [2.45, 2.75) is 59.1 Å². The monoisotopic (exact) mass is 326 g/mol. The van der Waals surface area contributed by atoms with E-state index in [1.807, 2.05) is 34.6 Å². The fourth-order valence-corrected chi connectivity index (χ4v) is 3.82. The molecule has 23 heavy (non-hydrogen) atoms. The highest BCUT2D eigenvalue weighted by atomic mass is 16.6. The topological polar surface area (TPSA) is 70.1 Å². The minimum atomic E-state index is -0.751. The Labute approximate surface area is 138 Å². The molecule has 1 amide bonds. The molecule has 2 fully saturated rings. The van der Waals surface area contributed by atoms with Gasteiger partial charge in [0, 0.05) is 25.0 Å². The molecule has 6 heteroatoms. The van der Waals surface area contributed by atoms with Gasteiger partial charge in [-0.1, -0.05) is 13.8 Å². The molecule has 0 radical (unpaired) electrons. The van der Waals surface area contributed by atoms with Gasteiger partial charge in [-0.25, -0.2) is 4.79 Å². The summed E-state index contributed by atoms with van der Waals surface area (Å²) in [5, 5.41) is 9.48. The molecule has 0 aromatic heterocycles. The van der Waals surface area contributed by atoms with Crippen molar-refractivity contribution >= 4 is 12.1 Å². The molecular formula is C17H30N2O4. The molecule has 2 rings (SSSR count). The van der Waals surface area contributed by atoms with E-state index in [2.05, 4.69) is 4.90 Å². The van der Waals surface area contributed by atoms with E-state index in [1.165, 1.54) is 0 Å². The van der Waals surface area contributed by atoms with E-state index >= 15 is 0 Å². The second-order valence-corrected chi connectivity index (χ2v) is 8.40. The van der Waals surface area contributed by atoms with Crippen molar-refractivity contribution in [3.63, 3.8) is 0 Å². The van der Waals surface area contributed by atoms with Crippen molar-refractivity contribution in [2.24, 2.45) is 11.3 Å². The maximum Gasteiger partial charge on any atom is 0.410 e. The molecule has 0 aliphatic carbocycles. The molecular weight excluding hydrogens is 296 g/mol. The Morgan fingerprint density at radius 1 is 1.13 bits per heavy atom. The quantitative estimate of drug-likeness (QED) is 0.862. The third-order valence-electron chi connectivity index (χ3n) is 4.84. The van der Waals surface area contributed by atoms with E-state index in [4.69, 9.17) is 4.74 Å². The van der Waals surface area contributed by atoms with Crippen LogP contribution in [-0.4, -0.2) is 64.8 Å². The largest absolute Gasteiger partial charge is 0.480 e. The number of likely N-dealkylation sites (tertiary alicyclic amines) is 2. The van der Waals surface area contributed by atoms with Gasteiger partial charge >= 0.3 is 12.1 Å². The Morgan fingerprint density at radius 2 is 1.74 bits per heavy atom. The molecule has 1 N–H and O–H groups in total. The fraction of sp³-hybridized carbons (Fsp3) is 0.882. The van der Waals surface area contributed by atoms with Gasteiger partial charge in [0.25, 0.3) is 0 Å². The summed E-state index contributed by atoms with van der Waals surface area (Å²) in [4.78, 5) is 27.6. The molecule has 0 saturated carbocycles. The number of carbonyl (C=O) groups excluding carboxylic acids is 1. The highest BCUT2D eigenvalue weighted by molar-refractivity contribution is 5.74. The van der Waals surface area contributed by atoms with Gasteiger partial charge in [-0.2, -0.15) is 0 Å². The third kappa shape index (κ3) is 4.16. The SMILES string of the molecule is CC(C)[C@@H](C(=O)O)N1CC[C@@]2(CCN(C(=O)OC(C)(C)C)C2)C1. The van der Waals surface area contributed by atoms with Crippen molar-refractivity contribution < 1.29 is 19.4 Å². The summed E-state index contributed by atoms with van der Waals surface area (Å²) >= 11 is 0. The van der Waals surface area contributed by atoms with Crippen LogP contribution in [0.25, 0.3) is 0 Å². The number of hydrogen-bond donors (Lipinski definition) is 1. The van der Waals surface area contributed by atoms with E-state index in [1.54, 1.807) is 4.90 Å². The summed E-state index contributed by atoms with van der Waals surface area (Å²) < 4.78 is 5.45. The van der Waals surface area contributed by atoms with Crippen molar-refractivity contribution in [1.29, 1.82) is 0 Å². The Bertz CT molecular complexity index is 472. The third-order valence-corrected chi connectivity index (χ3v) is 4.84. The zero-order chi connectivity index (χ0) is 17.4. The summed E-state index contributed by atoms with van der Waals surface area (Å²) in [6, 6.07) is -0.440. The molecule has 0 aromatic rings. The number of carboxylic acid groups (broad SMARTS) is 1. The molecule has 2 saturated heterocycles. The Morgan fingerprint density at radius 3 is 2.26 bits per heavy atom. The minimum absolute atomic E-state index is 0.0273. The molecule has 0 aromatic carbocycles. The van der Waals surface area contributed by atoms with Crippen molar-refractivity contribution in [2.75, 3.05) is 26.2 Å². The van der Waals surface area contributed by atoms with Crippen molar-refractivity contribution in [3.05, 3.63) is 0 Å². The van der Waals surface area contributed by atoms with Gasteiger partial charge in [0.15, 0.2) is 0 Å². The molecule has 2 atom stereocenters. The first kappa shape index (κ1) is 18.0. The molecule has 0 bridgehead atoms. The molecule has 132 valence electrons. The predicted octanol–water partition coefficient (Wildman–Crippen LogP) is 2.43. The fourth-order valence-electron chi connectivity index (χ4n) is 3.82. The van der Waals surface area contributed by atoms with E-state index in [9.17, 15) is 14.7 Å². The van der Waals surface area contributed by atoms with E-state index < -0.39 is 17.6 Å². The number of rotatable bonds is 3. The summed E-state index contributed by atoms with van der Waals surface area (Å²) in [5.41, 5.74) is -0.458. The van der Waals surface area contributed by atoms with Crippen LogP contribution >= 0.6 is 0 Å². The van der Waals surface area contributed by atoms with E-state index in [0.29, 0.717) is 13.1 Å². The number of aliphatic carboxylic acids is 1. The molecule has 2 aliphatic heterocycles. The first-order valence-electron chi connectivity index (χ1n) is 8.48. The van der Waals surface area contributed by atoms with Gasteiger partial charge in [0.05, 0.1) is 0 Å². The predicted molar refractivity (Wildman–Crippen MR) is 87.3 cm³/mol. The molecule has 2 aliphatic rings. The average molecular weight is 326 g/mol. The molecule has 2 heterocycles. The number of hydrogen-bond acceptors (Lipinski definition) is 4. The summed E-state index contributed by atoms with van der Waals surface area (Å²) in [6.07, 6.45) is 1.61. The van der Waals surface area contributed by atoms with E-state index in [-0.39, 0.29) is 17.4 Å². The van der Waals surface area contributed by atoms with Crippen LogP contribution in [0.2, 0.25) is 0 Å². The number of amides is 1. The van der Waals surface area contributed by atoms with E-state index in [0.717, 1.165) is 25.9 Å². The highest BCUT2D eigenvalue weighted by Crippen LogP contribution is 2.41. The van der Waals surface area contributed by atoms with Crippen LogP contribution in [-0.2, 0) is 9.53 Å². The van der Waals surface area contributed by atoms with Crippen LogP contribution in [0.15, 0.2) is 0 Å². The molecule has 6 nitrogen and oxygen atoms in total. The molecule has 1 spiro atoms. The van der Waals surface area contributed by atoms with Crippen LogP contribution in [0.1, 0.15) is 47.5 Å². The van der Waals surface area contributed by atoms with Gasteiger partial charge in [0.2, 0.25) is 0 Å². The number of nitrogens with zero attached hydrogens (tertiary/aromatic N) is 2. The van der Waals surface area contributed by atoms with Crippen LogP contribution in [0.3, 0.4) is 0 Å². The van der Waals surface area contributed by atoms with Crippen molar-refractivity contribution in [1.82, 2.24) is 9.80 Å². The number of carboxylic acids is 1. The summed E-state index contributed by atoms with van der Waals surface area (Å²) in [5.74, 6) is -0.676. The first-order chi connectivity index (χ1) is 10.5. The lowest BCUT2D eigenvalue weighted by atomic mass is 9.86. The van der Waals surface area contributed by atoms with Crippen LogP contribution in [0.4, 0.5) is 4.79 Å². The zero-order valence-corrected chi connectivity index (χ0v) is 15.0. The van der Waals surface area contributed by atoms with Crippen LogP contribution in [0, 0.1) is 11.3 Å². The Hall–Kier alpha value is -1.30. The number of carbonyl (C=O) groups is 2. The normalized spacial score (nSPS) is 27.0. The summed E-state index contributed by atoms with van der Waals surface area (Å²) in [7, 11) is 0. The average Bonchev–Trinajstić information content (AvgIpc) is 2.95. The molecule has 0 unspecified atom stereocenters. The second-order valence-electron chi connectivity index (χ2n) is 8.40. The van der Waals surface area contributed by atoms with Crippen LogP contribution < -0.4 is 0 Å². The lowest BCUT2D eigenvalue weighted by Gasteiger charge is -2.30. The Kier molecular flexibility index (Phi) is 4.95. The zero-order valence-electron chi connectivity index (χ0n) is 15.0. The summed E-state index contributed by atoms with van der Waals surface area (Å²) in [6.45, 7) is 12.4. The first-order valence-corrected chi connectivity index (χ1v) is 8.48. The maximum absolute atomic E-state index is 12.2. The Balaban J connectivity index is 1.98. The smallest absolute Gasteiger partial charge is 0.410 e. The standard InChI is InChI=1S/C17H30N2O4/c1-12(2)13(14(20)21)18-8-6-17(10-18)7-9-19(11-17)15(22)23-16(3,4)5/h12-13H,6-11H2,1-5H3,(H,20,21)/t13-,17+/m0/s1. The lowest BCUT2D eigenvalue weighted by molar-refractivity contribution is -0.144. The van der Waals surface area contributed by atoms with Gasteiger partial charge < -0.3 is 14.7 Å². The van der Waals surface area contributed by atoms with Gasteiger partial charge in [-0.05, 0) is 46.1 Å². The maximum atomic E-state index is 12.2. The van der Waals surface area contributed by atoms with Gasteiger partial charge in [-0.15, -0.1) is 0 Å². The van der Waals surface area contributed by atoms with Crippen LogP contribution in [0.5, 0.6) is 0 Å². The second kappa shape index (κ2) is 6.30. The minimum Gasteiger partial charge on any atom is -0.480 e. The lowest BCUT2D eigenvalue weighted by Crippen LogP contribution is -2.45. The van der Waals surface area contributed by atoms with Crippen molar-refractivity contribution in [3.8, 4) is 0 Å². The van der Waals surface area contributed by atoms with Gasteiger partial charge in [0.1, 0.15) is 11.6 Å². The van der Waals surface area contributed by atoms with Gasteiger partial charge in [-0.3, -0.25) is 9.69 Å². The highest BCUT2D eigenvalue weighted by Gasteiger charge is 2.48. The number of ether oxygens (including phenoxy) is 1.